The molecule has 0 amide bonds. The first-order valence-electron chi connectivity index (χ1n) is 9.13. The van der Waals surface area contributed by atoms with Crippen LogP contribution in [0.5, 0.6) is 11.5 Å². The van der Waals surface area contributed by atoms with E-state index in [-0.39, 0.29) is 0 Å². The van der Waals surface area contributed by atoms with Gasteiger partial charge in [-0.05, 0) is 24.3 Å². The van der Waals surface area contributed by atoms with Crippen LogP contribution in [0, 0.1) is 0 Å². The summed E-state index contributed by atoms with van der Waals surface area (Å²) in [6, 6.07) is 11.1. The molecule has 2 heterocycles. The second-order valence-electron chi connectivity index (χ2n) is 6.49. The van der Waals surface area contributed by atoms with Gasteiger partial charge in [0.1, 0.15) is 17.0 Å². The molecule has 4 aromatic rings. The number of H-pyrrole nitrogens is 1. The van der Waals surface area contributed by atoms with Crippen LogP contribution in [-0.4, -0.2) is 33.7 Å². The van der Waals surface area contributed by atoms with Crippen molar-refractivity contribution in [2.45, 2.75) is 13.1 Å². The second-order valence-corrected chi connectivity index (χ2v) is 7.31. The highest BCUT2D eigenvalue weighted by Gasteiger charge is 2.11. The lowest BCUT2D eigenvalue weighted by molar-refractivity contribution is 0.391. The van der Waals surface area contributed by atoms with Gasteiger partial charge >= 0.3 is 0 Å². The van der Waals surface area contributed by atoms with Crippen molar-refractivity contribution in [3.63, 3.8) is 0 Å². The predicted molar refractivity (Wildman–Crippen MR) is 116 cm³/mol. The van der Waals surface area contributed by atoms with Crippen LogP contribution in [0.1, 0.15) is 11.1 Å². The molecular formula is C21H19Cl2N5O2. The van der Waals surface area contributed by atoms with Crippen molar-refractivity contribution in [3.05, 3.63) is 75.7 Å². The zero-order chi connectivity index (χ0) is 21.1. The van der Waals surface area contributed by atoms with Gasteiger partial charge in [-0.2, -0.15) is 0 Å². The van der Waals surface area contributed by atoms with E-state index >= 15 is 0 Å². The highest BCUT2D eigenvalue weighted by Crippen LogP contribution is 2.26. The van der Waals surface area contributed by atoms with Crippen molar-refractivity contribution in [2.24, 2.45) is 4.99 Å². The molecule has 0 bridgehead atoms. The summed E-state index contributed by atoms with van der Waals surface area (Å²) in [6.07, 6.45) is 3.30. The van der Waals surface area contributed by atoms with E-state index in [2.05, 4.69) is 19.9 Å². The number of benzene rings is 2. The Morgan fingerprint density at radius 3 is 2.60 bits per heavy atom. The van der Waals surface area contributed by atoms with E-state index in [4.69, 9.17) is 32.7 Å². The Kier molecular flexibility index (Phi) is 5.92. The van der Waals surface area contributed by atoms with Crippen LogP contribution in [0.15, 0.2) is 54.0 Å². The molecule has 0 saturated carbocycles. The maximum Gasteiger partial charge on any atom is 0.177 e. The smallest absolute Gasteiger partial charge is 0.177 e. The van der Waals surface area contributed by atoms with Gasteiger partial charge < -0.3 is 19.0 Å². The first-order valence-corrected chi connectivity index (χ1v) is 9.89. The monoisotopic (exact) mass is 443 g/mol. The van der Waals surface area contributed by atoms with E-state index in [0.717, 1.165) is 22.4 Å². The van der Waals surface area contributed by atoms with Gasteiger partial charge in [0.25, 0.3) is 0 Å². The molecule has 154 valence electrons. The largest absolute Gasteiger partial charge is 0.497 e. The van der Waals surface area contributed by atoms with Crippen LogP contribution in [0.25, 0.3) is 11.2 Å². The van der Waals surface area contributed by atoms with Gasteiger partial charge in [0.2, 0.25) is 0 Å². The van der Waals surface area contributed by atoms with Crippen LogP contribution in [0.2, 0.25) is 10.0 Å². The fraction of sp³-hybridized carbons (Fsp3) is 0.190. The molecule has 2 aromatic carbocycles. The van der Waals surface area contributed by atoms with Crippen molar-refractivity contribution in [1.29, 1.82) is 0 Å². The minimum atomic E-state index is 0.397. The van der Waals surface area contributed by atoms with Gasteiger partial charge in [0, 0.05) is 27.2 Å². The van der Waals surface area contributed by atoms with Gasteiger partial charge in [0.05, 0.1) is 40.0 Å². The summed E-state index contributed by atoms with van der Waals surface area (Å²) < 4.78 is 12.6. The van der Waals surface area contributed by atoms with E-state index in [1.54, 1.807) is 26.9 Å². The first-order chi connectivity index (χ1) is 14.6. The van der Waals surface area contributed by atoms with Crippen molar-refractivity contribution >= 4 is 34.4 Å². The Morgan fingerprint density at radius 2 is 1.87 bits per heavy atom. The molecule has 0 saturated heterocycles. The Bertz CT molecular complexity index is 1250. The van der Waals surface area contributed by atoms with Crippen LogP contribution in [0.4, 0.5) is 0 Å². The standard InChI is InChI=1S/C21H19Cl2N5O2/c1-29-14-7-6-13(18(8-14)30-2)9-24-20-19-21(26-11-25-19)28(12-27-20)10-15-16(22)4-3-5-17(15)23/h3-8,11-12H,9-10H2,1-2H3,(H,25,26). The summed E-state index contributed by atoms with van der Waals surface area (Å²) in [4.78, 5) is 16.7. The number of ether oxygens (including phenoxy) is 2. The number of halogens is 2. The number of fused-ring (bicyclic) bond motifs is 1. The molecule has 0 spiro atoms. The number of imidazole rings is 1. The summed E-state index contributed by atoms with van der Waals surface area (Å²) >= 11 is 12.6. The molecular weight excluding hydrogens is 425 g/mol. The van der Waals surface area contributed by atoms with Crippen LogP contribution < -0.4 is 15.0 Å². The summed E-state index contributed by atoms with van der Waals surface area (Å²) in [5, 5.41) is 1.19. The van der Waals surface area contributed by atoms with E-state index in [9.17, 15) is 0 Å². The Morgan fingerprint density at radius 1 is 1.07 bits per heavy atom. The molecule has 0 aliphatic rings. The fourth-order valence-electron chi connectivity index (χ4n) is 3.14. The lowest BCUT2D eigenvalue weighted by atomic mass is 10.2. The topological polar surface area (TPSA) is 77.3 Å². The number of rotatable bonds is 6. The molecule has 0 unspecified atom stereocenters. The van der Waals surface area contributed by atoms with Gasteiger partial charge in [-0.25, -0.2) is 9.97 Å². The quantitative estimate of drug-likeness (QED) is 0.483. The second kappa shape index (κ2) is 8.77. The highest BCUT2D eigenvalue weighted by atomic mass is 35.5. The van der Waals surface area contributed by atoms with Crippen molar-refractivity contribution in [1.82, 2.24) is 19.5 Å². The van der Waals surface area contributed by atoms with Gasteiger partial charge in [-0.15, -0.1) is 0 Å². The van der Waals surface area contributed by atoms with Crippen molar-refractivity contribution in [3.8, 4) is 11.5 Å². The van der Waals surface area contributed by atoms with E-state index in [1.165, 1.54) is 0 Å². The van der Waals surface area contributed by atoms with Gasteiger partial charge in [-0.1, -0.05) is 29.3 Å². The number of hydrogen-bond acceptors (Lipinski definition) is 5. The fourth-order valence-corrected chi connectivity index (χ4v) is 3.66. The number of methoxy groups -OCH3 is 2. The van der Waals surface area contributed by atoms with Crippen molar-refractivity contribution < 1.29 is 9.47 Å². The normalized spacial score (nSPS) is 11.8. The average Bonchev–Trinajstić information content (AvgIpc) is 3.26. The van der Waals surface area contributed by atoms with Crippen LogP contribution >= 0.6 is 23.2 Å². The number of nitrogens with zero attached hydrogens (tertiary/aromatic N) is 4. The molecule has 9 heteroatoms. The maximum atomic E-state index is 6.32. The lowest BCUT2D eigenvalue weighted by Gasteiger charge is -2.11. The van der Waals surface area contributed by atoms with Crippen LogP contribution in [0.3, 0.4) is 0 Å². The highest BCUT2D eigenvalue weighted by molar-refractivity contribution is 6.36. The average molecular weight is 444 g/mol. The third-order valence-electron chi connectivity index (χ3n) is 4.72. The number of aromatic amines is 1. The molecule has 0 fully saturated rings. The zero-order valence-electron chi connectivity index (χ0n) is 16.4. The molecule has 0 aliphatic carbocycles. The SMILES string of the molecule is COc1ccc(CN=c2ncn(Cc3c(Cl)cccc3Cl)c3nc[nH]c23)c(OC)c1. The van der Waals surface area contributed by atoms with E-state index < -0.39 is 0 Å². The van der Waals surface area contributed by atoms with Crippen LogP contribution in [-0.2, 0) is 13.1 Å². The molecule has 2 aromatic heterocycles. The molecule has 0 radical (unpaired) electrons. The van der Waals surface area contributed by atoms with E-state index in [0.29, 0.717) is 40.0 Å². The molecule has 0 atom stereocenters. The molecule has 1 N–H and O–H groups in total. The molecule has 7 nitrogen and oxygen atoms in total. The summed E-state index contributed by atoms with van der Waals surface area (Å²) in [7, 11) is 3.24. The Labute approximate surface area is 182 Å². The Balaban J connectivity index is 1.69. The molecule has 30 heavy (non-hydrogen) atoms. The maximum absolute atomic E-state index is 6.32. The first kappa shape index (κ1) is 20.3. The van der Waals surface area contributed by atoms with Crippen molar-refractivity contribution in [2.75, 3.05) is 14.2 Å². The predicted octanol–water partition coefficient (Wildman–Crippen LogP) is 4.23. The van der Waals surface area contributed by atoms with E-state index in [1.807, 2.05) is 41.0 Å². The Hall–Kier alpha value is -3.03. The van der Waals surface area contributed by atoms with Gasteiger partial charge in [-0.3, -0.25) is 4.99 Å². The molecule has 0 aliphatic heterocycles. The van der Waals surface area contributed by atoms with Gasteiger partial charge in [0.15, 0.2) is 11.1 Å². The third-order valence-corrected chi connectivity index (χ3v) is 5.43. The summed E-state index contributed by atoms with van der Waals surface area (Å²) in [6.45, 7) is 0.841. The zero-order valence-corrected chi connectivity index (χ0v) is 17.9. The summed E-state index contributed by atoms with van der Waals surface area (Å²) in [5.41, 5.74) is 3.73. The third kappa shape index (κ3) is 3.99. The lowest BCUT2D eigenvalue weighted by Crippen LogP contribution is -2.15. The minimum Gasteiger partial charge on any atom is -0.497 e. The number of aromatic nitrogens is 4. The minimum absolute atomic E-state index is 0.397. The number of nitrogens with one attached hydrogen (secondary N) is 1. The molecule has 4 rings (SSSR count). The number of hydrogen-bond donors (Lipinski definition) is 1. The summed E-state index contributed by atoms with van der Waals surface area (Å²) in [5.74, 6) is 1.43.